The summed E-state index contributed by atoms with van der Waals surface area (Å²) in [5.41, 5.74) is 0. The van der Waals surface area contributed by atoms with Crippen LogP contribution in [0.4, 0.5) is 0 Å². The molecule has 0 aliphatic carbocycles. The molecule has 154 valence electrons. The van der Waals surface area contributed by atoms with E-state index in [1.165, 1.54) is 18.7 Å². The van der Waals surface area contributed by atoms with Crippen molar-refractivity contribution in [2.45, 2.75) is 6.42 Å². The quantitative estimate of drug-likeness (QED) is 0.300. The fourth-order valence-electron chi connectivity index (χ4n) is 5.26. The zero-order valence-corrected chi connectivity index (χ0v) is 20.7. The summed E-state index contributed by atoms with van der Waals surface area (Å²) in [5, 5.41) is 6.41. The number of hydrogen-bond donors (Lipinski definition) is 0. The van der Waals surface area contributed by atoms with Crippen LogP contribution in [0, 0.1) is 0 Å². The van der Waals surface area contributed by atoms with Gasteiger partial charge in [-0.05, 0) is 48.5 Å². The maximum absolute atomic E-state index is 2.66. The highest BCUT2D eigenvalue weighted by molar-refractivity contribution is 8.75. The normalized spacial score (nSPS) is 17.8. The molecule has 1 aliphatic rings. The van der Waals surface area contributed by atoms with Crippen LogP contribution in [0.5, 0.6) is 0 Å². The van der Waals surface area contributed by atoms with Crippen LogP contribution in [-0.4, -0.2) is 19.0 Å². The third-order valence-corrected chi connectivity index (χ3v) is 30.6. The second-order valence-electron chi connectivity index (χ2n) is 8.17. The second-order valence-corrected chi connectivity index (χ2v) is 23.8. The Morgan fingerprint density at radius 3 is 0.968 bits per heavy atom. The number of benzene rings is 4. The molecule has 0 radical (unpaired) electrons. The predicted octanol–water partition coefficient (Wildman–Crippen LogP) is 6.67. The standard InChI is InChI=1S/C28H29P3/c1-29-30(25-15-6-2-7-16-25,26-17-8-3-9-18-26)23-14-24-31(29,27-19-10-4-11-20-27)28-21-12-5-13-22-28/h2-13,15-22H,14,23-24H2,1H3/q+2. The summed E-state index contributed by atoms with van der Waals surface area (Å²) < 4.78 is 0. The highest BCUT2D eigenvalue weighted by Crippen LogP contribution is 3.02. The van der Waals surface area contributed by atoms with Crippen molar-refractivity contribution >= 4 is 42.4 Å². The molecule has 3 heteroatoms. The van der Waals surface area contributed by atoms with Gasteiger partial charge in [-0.2, -0.15) is 0 Å². The van der Waals surface area contributed by atoms with Crippen LogP contribution >= 0.6 is 21.2 Å². The van der Waals surface area contributed by atoms with Crippen molar-refractivity contribution in [3.8, 4) is 0 Å². The van der Waals surface area contributed by atoms with Crippen molar-refractivity contribution in [2.24, 2.45) is 0 Å². The first kappa shape index (κ1) is 21.0. The molecule has 0 nitrogen and oxygen atoms in total. The smallest absolute Gasteiger partial charge is 0.0620 e. The van der Waals surface area contributed by atoms with Crippen LogP contribution in [0.2, 0.25) is 0 Å². The van der Waals surface area contributed by atoms with Gasteiger partial charge in [-0.25, -0.2) is 0 Å². The Kier molecular flexibility index (Phi) is 6.08. The minimum Gasteiger partial charge on any atom is -0.0620 e. The lowest BCUT2D eigenvalue weighted by Gasteiger charge is -2.42. The van der Waals surface area contributed by atoms with Gasteiger partial charge in [0.05, 0.1) is 12.3 Å². The zero-order chi connectivity index (χ0) is 21.2. The summed E-state index contributed by atoms with van der Waals surface area (Å²) >= 11 is 0. The van der Waals surface area contributed by atoms with Gasteiger partial charge in [0.15, 0.2) is 0 Å². The highest BCUT2D eigenvalue weighted by Gasteiger charge is 2.67. The van der Waals surface area contributed by atoms with Gasteiger partial charge in [0, 0.05) is 13.1 Å². The molecule has 0 atom stereocenters. The lowest BCUT2D eigenvalue weighted by atomic mass is 10.4. The third kappa shape index (κ3) is 3.51. The molecular formula is C28H29P3+2. The van der Waals surface area contributed by atoms with E-state index in [0.717, 1.165) is 0 Å². The molecule has 0 spiro atoms. The second kappa shape index (κ2) is 8.96. The van der Waals surface area contributed by atoms with Crippen LogP contribution in [0.1, 0.15) is 6.42 Å². The van der Waals surface area contributed by atoms with Gasteiger partial charge >= 0.3 is 0 Å². The first-order valence-corrected chi connectivity index (χ1v) is 18.2. The number of hydrogen-bond acceptors (Lipinski definition) is 0. The van der Waals surface area contributed by atoms with E-state index in [4.69, 9.17) is 0 Å². The highest BCUT2D eigenvalue weighted by atomic mass is 32.5. The first-order valence-electron chi connectivity index (χ1n) is 11.0. The zero-order valence-electron chi connectivity index (χ0n) is 18.0. The maximum Gasteiger partial charge on any atom is 0.226 e. The summed E-state index contributed by atoms with van der Waals surface area (Å²) in [6, 6.07) is 46.1. The van der Waals surface area contributed by atoms with Gasteiger partial charge in [0.1, 0.15) is 35.1 Å². The Morgan fingerprint density at radius 2 is 0.710 bits per heavy atom. The SMILES string of the molecule is CP1[P+](c2ccccc2)(c2ccccc2)CCC[P+]1(c1ccccc1)c1ccccc1. The van der Waals surface area contributed by atoms with E-state index >= 15 is 0 Å². The van der Waals surface area contributed by atoms with Crippen LogP contribution in [0.3, 0.4) is 0 Å². The Balaban J connectivity index is 1.80. The van der Waals surface area contributed by atoms with Gasteiger partial charge in [-0.15, -0.1) is 0 Å². The summed E-state index contributed by atoms with van der Waals surface area (Å²) in [6.45, 7) is -0.386. The molecule has 4 aromatic carbocycles. The summed E-state index contributed by atoms with van der Waals surface area (Å²) in [6.07, 6.45) is 3.98. The molecule has 1 fully saturated rings. The number of rotatable bonds is 4. The maximum atomic E-state index is 2.66. The fourth-order valence-corrected chi connectivity index (χ4v) is 33.2. The summed E-state index contributed by atoms with van der Waals surface area (Å²) in [4.78, 5) is 0. The van der Waals surface area contributed by atoms with Crippen LogP contribution in [0.15, 0.2) is 121 Å². The Hall–Kier alpha value is -1.83. The van der Waals surface area contributed by atoms with Gasteiger partial charge in [-0.1, -0.05) is 72.8 Å². The van der Waals surface area contributed by atoms with E-state index in [1.54, 1.807) is 21.2 Å². The van der Waals surface area contributed by atoms with Gasteiger partial charge < -0.3 is 0 Å². The van der Waals surface area contributed by atoms with Crippen molar-refractivity contribution in [1.29, 1.82) is 0 Å². The molecule has 0 amide bonds. The van der Waals surface area contributed by atoms with Crippen LogP contribution < -0.4 is 21.2 Å². The monoisotopic (exact) mass is 458 g/mol. The Labute approximate surface area is 189 Å². The minimum atomic E-state index is -1.52. The molecule has 4 aromatic rings. The molecule has 1 aliphatic heterocycles. The lowest BCUT2D eigenvalue weighted by molar-refractivity contribution is 1.10. The van der Waals surface area contributed by atoms with E-state index in [1.807, 2.05) is 0 Å². The van der Waals surface area contributed by atoms with Crippen LogP contribution in [-0.2, 0) is 0 Å². The van der Waals surface area contributed by atoms with E-state index in [-0.39, 0.29) is 7.30 Å². The van der Waals surface area contributed by atoms with Crippen molar-refractivity contribution in [3.05, 3.63) is 121 Å². The van der Waals surface area contributed by atoms with Crippen molar-refractivity contribution < 1.29 is 0 Å². The molecule has 0 aromatic heterocycles. The van der Waals surface area contributed by atoms with Crippen molar-refractivity contribution in [3.63, 3.8) is 0 Å². The third-order valence-electron chi connectivity index (χ3n) is 6.69. The molecule has 0 bridgehead atoms. The average Bonchev–Trinajstić information content (AvgIpc) is 2.87. The van der Waals surface area contributed by atoms with E-state index in [0.29, 0.717) is 0 Å². The Bertz CT molecular complexity index is 942. The van der Waals surface area contributed by atoms with E-state index in [9.17, 15) is 0 Å². The molecule has 1 heterocycles. The van der Waals surface area contributed by atoms with E-state index < -0.39 is 13.9 Å². The van der Waals surface area contributed by atoms with E-state index in [2.05, 4.69) is 128 Å². The molecule has 31 heavy (non-hydrogen) atoms. The molecule has 0 saturated carbocycles. The topological polar surface area (TPSA) is 0 Å². The van der Waals surface area contributed by atoms with Gasteiger partial charge in [0.25, 0.3) is 0 Å². The predicted molar refractivity (Wildman–Crippen MR) is 145 cm³/mol. The fraction of sp³-hybridized carbons (Fsp3) is 0.143. The molecule has 1 saturated heterocycles. The van der Waals surface area contributed by atoms with Crippen LogP contribution in [0.25, 0.3) is 0 Å². The van der Waals surface area contributed by atoms with Gasteiger partial charge in [0.2, 0.25) is 7.30 Å². The first-order chi connectivity index (χ1) is 15.3. The van der Waals surface area contributed by atoms with Crippen molar-refractivity contribution in [1.82, 2.24) is 0 Å². The summed E-state index contributed by atoms with van der Waals surface area (Å²) in [7, 11) is -0.270. The van der Waals surface area contributed by atoms with Gasteiger partial charge in [-0.3, -0.25) is 0 Å². The molecule has 0 N–H and O–H groups in total. The lowest BCUT2D eigenvalue weighted by Crippen LogP contribution is -2.33. The Morgan fingerprint density at radius 1 is 0.452 bits per heavy atom. The van der Waals surface area contributed by atoms with Crippen molar-refractivity contribution in [2.75, 3.05) is 19.0 Å². The largest absolute Gasteiger partial charge is 0.226 e. The average molecular weight is 458 g/mol. The molecule has 5 rings (SSSR count). The molecule has 0 unspecified atom stereocenters. The minimum absolute atomic E-state index is 0.270. The molecular weight excluding hydrogens is 429 g/mol. The summed E-state index contributed by atoms with van der Waals surface area (Å²) in [5.74, 6) is 0.